The lowest BCUT2D eigenvalue weighted by Gasteiger charge is -2.29. The van der Waals surface area contributed by atoms with Crippen molar-refractivity contribution in [3.05, 3.63) is 12.2 Å². The van der Waals surface area contributed by atoms with Crippen molar-refractivity contribution in [3.8, 4) is 0 Å². The number of rotatable bonds is 25. The monoisotopic (exact) mass is 661 g/mol. The van der Waals surface area contributed by atoms with E-state index in [0.717, 1.165) is 38.5 Å². The molecule has 0 spiro atoms. The fourth-order valence-corrected chi connectivity index (χ4v) is 5.82. The second-order valence-electron chi connectivity index (χ2n) is 13.7. The number of carbonyl (C=O) groups is 3. The Kier molecular flexibility index (Phi) is 22.6. The summed E-state index contributed by atoms with van der Waals surface area (Å²) in [5.41, 5.74) is -1.68. The van der Waals surface area contributed by atoms with Crippen LogP contribution in [0.25, 0.3) is 0 Å². The molecule has 3 atom stereocenters. The smallest absolute Gasteiger partial charge is 0.463 e. The summed E-state index contributed by atoms with van der Waals surface area (Å²) in [6, 6.07) is -1.14. The third kappa shape index (κ3) is 27.1. The molecule has 0 fully saturated rings. The van der Waals surface area contributed by atoms with Crippen molar-refractivity contribution in [2.75, 3.05) is 13.2 Å². The van der Waals surface area contributed by atoms with E-state index in [9.17, 15) is 18.9 Å². The van der Waals surface area contributed by atoms with Crippen LogP contribution in [-0.4, -0.2) is 54.4 Å². The van der Waals surface area contributed by atoms with Crippen molar-refractivity contribution < 1.29 is 42.0 Å². The molecule has 10 nitrogen and oxygen atoms in total. The fraction of sp³-hybridized carbons (Fsp3) is 0.853. The van der Waals surface area contributed by atoms with Crippen LogP contribution in [0.5, 0.6) is 0 Å². The molecule has 0 bridgehead atoms. The lowest BCUT2D eigenvalue weighted by Crippen LogP contribution is -2.45. The van der Waals surface area contributed by atoms with Crippen molar-refractivity contribution in [2.45, 2.75) is 176 Å². The van der Waals surface area contributed by atoms with Crippen molar-refractivity contribution in [1.29, 1.82) is 0 Å². The number of ether oxygens (including phenoxy) is 2. The molecule has 0 aliphatic rings. The standard InChI is InChI=1S/C34H64NO9P/c1-10-11-12-13-14-15-16-17-18-19-20-21-22-23-24-25-31(37)40-26-28(2)43-45(39,44-34(7,8)9)41-27-30(29(3)36)35-32(38)42-33(4,5)6/h17-18,28,30H,10-16,19-27H2,1-9H3,(H,35,38)/b18-17-/t28-,30+,45?/m1/s1. The van der Waals surface area contributed by atoms with Gasteiger partial charge in [-0.2, -0.15) is 0 Å². The number of allylic oxidation sites excluding steroid dienone is 2. The van der Waals surface area contributed by atoms with Crippen LogP contribution < -0.4 is 5.32 Å². The van der Waals surface area contributed by atoms with Crippen LogP contribution in [0, 0.1) is 0 Å². The van der Waals surface area contributed by atoms with Crippen LogP contribution in [0.4, 0.5) is 4.79 Å². The number of nitrogens with one attached hydrogen (secondary N) is 1. The molecule has 0 aromatic heterocycles. The van der Waals surface area contributed by atoms with Gasteiger partial charge in [-0.15, -0.1) is 0 Å². The molecule has 0 aromatic rings. The van der Waals surface area contributed by atoms with Crippen LogP contribution in [0.15, 0.2) is 12.2 Å². The first-order valence-electron chi connectivity index (χ1n) is 16.9. The number of Topliss-reactive ketones (excluding diaryl/α,β-unsaturated/α-hetero) is 1. The first kappa shape index (κ1) is 43.3. The zero-order valence-electron chi connectivity index (χ0n) is 29.7. The van der Waals surface area contributed by atoms with Crippen LogP contribution in [-0.2, 0) is 37.2 Å². The average Bonchev–Trinajstić information content (AvgIpc) is 2.89. The molecule has 0 rings (SSSR count). The average molecular weight is 662 g/mol. The molecule has 11 heteroatoms. The molecular weight excluding hydrogens is 597 g/mol. The lowest BCUT2D eigenvalue weighted by molar-refractivity contribution is -0.146. The summed E-state index contributed by atoms with van der Waals surface area (Å²) in [5, 5.41) is 2.42. The van der Waals surface area contributed by atoms with Gasteiger partial charge >= 0.3 is 19.9 Å². The molecule has 0 saturated heterocycles. The van der Waals surface area contributed by atoms with E-state index in [0.29, 0.717) is 6.42 Å². The second-order valence-corrected chi connectivity index (χ2v) is 15.2. The maximum absolute atomic E-state index is 13.5. The van der Waals surface area contributed by atoms with Gasteiger partial charge in [-0.3, -0.25) is 23.2 Å². The topological polar surface area (TPSA) is 126 Å². The van der Waals surface area contributed by atoms with Crippen LogP contribution >= 0.6 is 7.82 Å². The van der Waals surface area contributed by atoms with Crippen LogP contribution in [0.3, 0.4) is 0 Å². The van der Waals surface area contributed by atoms with Gasteiger partial charge in [0.25, 0.3) is 0 Å². The summed E-state index contributed by atoms with van der Waals surface area (Å²) in [6.07, 6.45) is 18.6. The molecule has 0 aliphatic heterocycles. The van der Waals surface area contributed by atoms with Crippen molar-refractivity contribution in [1.82, 2.24) is 5.32 Å². The van der Waals surface area contributed by atoms with Gasteiger partial charge in [0.1, 0.15) is 24.4 Å². The molecule has 0 heterocycles. The van der Waals surface area contributed by atoms with Gasteiger partial charge in [-0.05, 0) is 87.5 Å². The van der Waals surface area contributed by atoms with Crippen LogP contribution in [0.2, 0.25) is 0 Å². The largest absolute Gasteiger partial charge is 0.475 e. The quantitative estimate of drug-likeness (QED) is 0.0440. The minimum absolute atomic E-state index is 0.142. The summed E-state index contributed by atoms with van der Waals surface area (Å²) >= 11 is 0. The fourth-order valence-electron chi connectivity index (χ4n) is 4.16. The van der Waals surface area contributed by atoms with E-state index in [1.54, 1.807) is 48.5 Å². The van der Waals surface area contributed by atoms with E-state index in [2.05, 4.69) is 24.4 Å². The molecular formula is C34H64NO9P. The summed E-state index contributed by atoms with van der Waals surface area (Å²) in [5.74, 6) is -0.783. The molecule has 1 amide bonds. The molecule has 1 unspecified atom stereocenters. The molecule has 1 N–H and O–H groups in total. The minimum atomic E-state index is -4.23. The summed E-state index contributed by atoms with van der Waals surface area (Å²) < 4.78 is 40.7. The first-order valence-corrected chi connectivity index (χ1v) is 18.4. The predicted octanol–water partition coefficient (Wildman–Crippen LogP) is 9.39. The predicted molar refractivity (Wildman–Crippen MR) is 179 cm³/mol. The van der Waals surface area contributed by atoms with Gasteiger partial charge < -0.3 is 14.8 Å². The number of esters is 1. The molecule has 264 valence electrons. The minimum Gasteiger partial charge on any atom is -0.463 e. The number of ketones is 1. The first-order chi connectivity index (χ1) is 21.0. The van der Waals surface area contributed by atoms with E-state index in [1.807, 2.05) is 0 Å². The van der Waals surface area contributed by atoms with Crippen molar-refractivity contribution >= 4 is 25.7 Å². The molecule has 0 radical (unpaired) electrons. The van der Waals surface area contributed by atoms with E-state index in [4.69, 9.17) is 23.0 Å². The highest BCUT2D eigenvalue weighted by atomic mass is 31.2. The number of hydrogen-bond donors (Lipinski definition) is 1. The summed E-state index contributed by atoms with van der Waals surface area (Å²) in [6.45, 7) is 14.6. The zero-order chi connectivity index (χ0) is 34.4. The molecule has 0 aliphatic carbocycles. The number of hydrogen-bond acceptors (Lipinski definition) is 9. The van der Waals surface area contributed by atoms with Crippen LogP contribution in [0.1, 0.15) is 152 Å². The van der Waals surface area contributed by atoms with Crippen molar-refractivity contribution in [2.24, 2.45) is 0 Å². The van der Waals surface area contributed by atoms with Gasteiger partial charge in [0.15, 0.2) is 5.78 Å². The Labute approximate surface area is 273 Å². The Morgan fingerprint density at radius 1 is 0.778 bits per heavy atom. The third-order valence-corrected chi connectivity index (χ3v) is 8.25. The van der Waals surface area contributed by atoms with E-state index in [1.165, 1.54) is 51.9 Å². The zero-order valence-corrected chi connectivity index (χ0v) is 30.6. The number of amides is 1. The SMILES string of the molecule is CCCCCCCC/C=C\CCCCCCCC(=O)OC[C@@H](C)OP(=O)(OC[C@H](NC(=O)OC(C)(C)C)C(C)=O)OC(C)(C)C. The van der Waals surface area contributed by atoms with Gasteiger partial charge in [0.2, 0.25) is 0 Å². The molecule has 45 heavy (non-hydrogen) atoms. The lowest BCUT2D eigenvalue weighted by atomic mass is 10.1. The van der Waals surface area contributed by atoms with Gasteiger partial charge in [-0.1, -0.05) is 70.4 Å². The highest BCUT2D eigenvalue weighted by Crippen LogP contribution is 2.53. The number of carbonyl (C=O) groups excluding carboxylic acids is 3. The van der Waals surface area contributed by atoms with Gasteiger partial charge in [0, 0.05) is 6.42 Å². The van der Waals surface area contributed by atoms with E-state index in [-0.39, 0.29) is 12.6 Å². The Morgan fingerprint density at radius 3 is 1.82 bits per heavy atom. The Hall–Kier alpha value is -1.74. The van der Waals surface area contributed by atoms with Gasteiger partial charge in [0.05, 0.1) is 12.2 Å². The number of phosphoric acid groups is 1. The number of unbranched alkanes of at least 4 members (excludes halogenated alkanes) is 11. The van der Waals surface area contributed by atoms with Gasteiger partial charge in [-0.25, -0.2) is 9.36 Å². The maximum Gasteiger partial charge on any atom is 0.475 e. The number of alkyl carbamates (subject to hydrolysis) is 1. The third-order valence-electron chi connectivity index (χ3n) is 6.40. The molecule has 0 aromatic carbocycles. The normalized spacial score (nSPS) is 15.0. The van der Waals surface area contributed by atoms with E-state index >= 15 is 0 Å². The van der Waals surface area contributed by atoms with Crippen molar-refractivity contribution in [3.63, 3.8) is 0 Å². The Morgan fingerprint density at radius 2 is 1.31 bits per heavy atom. The maximum atomic E-state index is 13.5. The Bertz CT molecular complexity index is 908. The summed E-state index contributed by atoms with van der Waals surface area (Å²) in [4.78, 5) is 36.5. The van der Waals surface area contributed by atoms with E-state index < -0.39 is 49.7 Å². The highest BCUT2D eigenvalue weighted by molar-refractivity contribution is 7.48. The number of phosphoric ester groups is 1. The molecule has 0 saturated carbocycles. The summed E-state index contributed by atoms with van der Waals surface area (Å²) in [7, 11) is -4.23. The Balaban J connectivity index is 4.44. The highest BCUT2D eigenvalue weighted by Gasteiger charge is 2.37. The second kappa shape index (κ2) is 23.6.